The van der Waals surface area contributed by atoms with Crippen LogP contribution < -0.4 is 15.2 Å². The van der Waals surface area contributed by atoms with E-state index in [4.69, 9.17) is 19.9 Å². The van der Waals surface area contributed by atoms with Gasteiger partial charge in [-0.05, 0) is 43.5 Å². The molecule has 4 heteroatoms. The average Bonchev–Trinajstić information content (AvgIpc) is 2.47. The highest BCUT2D eigenvalue weighted by molar-refractivity contribution is 5.45. The van der Waals surface area contributed by atoms with E-state index in [0.717, 1.165) is 44.0 Å². The molecule has 0 atom stereocenters. The number of hydrogen-bond donors (Lipinski definition) is 1. The first kappa shape index (κ1) is 14.2. The highest BCUT2D eigenvalue weighted by atomic mass is 16.5. The van der Waals surface area contributed by atoms with E-state index in [0.29, 0.717) is 6.54 Å². The van der Waals surface area contributed by atoms with Crippen LogP contribution in [0.25, 0.3) is 0 Å². The minimum absolute atomic E-state index is 0.118. The zero-order valence-corrected chi connectivity index (χ0v) is 11.8. The fraction of sp³-hybridized carbons (Fsp3) is 0.600. The first-order chi connectivity index (χ1) is 9.25. The Bertz CT molecular complexity index is 408. The normalized spacial score (nSPS) is 18.1. The Morgan fingerprint density at radius 1 is 1.16 bits per heavy atom. The molecule has 0 radical (unpaired) electrons. The number of hydrogen-bond acceptors (Lipinski definition) is 4. The molecule has 0 saturated carbocycles. The topological polar surface area (TPSA) is 53.7 Å². The molecule has 106 valence electrons. The van der Waals surface area contributed by atoms with Crippen molar-refractivity contribution in [2.45, 2.75) is 24.7 Å². The van der Waals surface area contributed by atoms with E-state index in [-0.39, 0.29) is 5.41 Å². The second kappa shape index (κ2) is 6.26. The highest BCUT2D eigenvalue weighted by Gasteiger charge is 2.34. The van der Waals surface area contributed by atoms with Crippen LogP contribution in [-0.2, 0) is 10.2 Å². The molecule has 1 aromatic carbocycles. The van der Waals surface area contributed by atoms with Crippen LogP contribution in [0, 0.1) is 0 Å². The first-order valence-electron chi connectivity index (χ1n) is 6.76. The van der Waals surface area contributed by atoms with Crippen LogP contribution in [0.1, 0.15) is 24.8 Å². The second-order valence-electron chi connectivity index (χ2n) is 5.00. The quantitative estimate of drug-likeness (QED) is 0.886. The Balaban J connectivity index is 2.36. The van der Waals surface area contributed by atoms with Gasteiger partial charge in [0, 0.05) is 18.6 Å². The molecule has 0 bridgehead atoms. The lowest BCUT2D eigenvalue weighted by Crippen LogP contribution is -2.35. The van der Waals surface area contributed by atoms with Gasteiger partial charge >= 0.3 is 0 Å². The zero-order chi connectivity index (χ0) is 13.7. The van der Waals surface area contributed by atoms with Crippen LogP contribution in [0.2, 0.25) is 0 Å². The van der Waals surface area contributed by atoms with E-state index in [1.165, 1.54) is 5.56 Å². The molecule has 1 fully saturated rings. The number of nitrogens with two attached hydrogens (primary N) is 1. The summed E-state index contributed by atoms with van der Waals surface area (Å²) in [7, 11) is 3.32. The van der Waals surface area contributed by atoms with E-state index < -0.39 is 0 Å². The van der Waals surface area contributed by atoms with Gasteiger partial charge in [-0.3, -0.25) is 0 Å². The molecule has 0 aliphatic carbocycles. The van der Waals surface area contributed by atoms with Crippen molar-refractivity contribution in [2.24, 2.45) is 5.73 Å². The van der Waals surface area contributed by atoms with Gasteiger partial charge in [-0.15, -0.1) is 0 Å². The predicted molar refractivity (Wildman–Crippen MR) is 74.9 cm³/mol. The van der Waals surface area contributed by atoms with E-state index in [1.807, 2.05) is 6.07 Å². The maximum Gasteiger partial charge on any atom is 0.161 e. The Morgan fingerprint density at radius 2 is 1.84 bits per heavy atom. The van der Waals surface area contributed by atoms with E-state index >= 15 is 0 Å². The summed E-state index contributed by atoms with van der Waals surface area (Å²) in [6, 6.07) is 6.18. The maximum atomic E-state index is 5.81. The molecule has 0 aromatic heterocycles. The molecule has 0 unspecified atom stereocenters. The van der Waals surface area contributed by atoms with Gasteiger partial charge in [0.2, 0.25) is 0 Å². The molecule has 1 saturated heterocycles. The van der Waals surface area contributed by atoms with Crippen LogP contribution in [0.5, 0.6) is 11.5 Å². The van der Waals surface area contributed by atoms with Crippen molar-refractivity contribution < 1.29 is 14.2 Å². The minimum atomic E-state index is 0.118. The number of rotatable bonds is 5. The zero-order valence-electron chi connectivity index (χ0n) is 11.8. The Morgan fingerprint density at radius 3 is 2.42 bits per heavy atom. The van der Waals surface area contributed by atoms with Gasteiger partial charge in [0.15, 0.2) is 11.5 Å². The largest absolute Gasteiger partial charge is 0.493 e. The number of benzene rings is 1. The third kappa shape index (κ3) is 2.85. The van der Waals surface area contributed by atoms with Gasteiger partial charge in [0.05, 0.1) is 14.2 Å². The fourth-order valence-corrected chi connectivity index (χ4v) is 2.89. The van der Waals surface area contributed by atoms with Gasteiger partial charge in [0.25, 0.3) is 0 Å². The highest BCUT2D eigenvalue weighted by Crippen LogP contribution is 2.41. The third-order valence-corrected chi connectivity index (χ3v) is 4.07. The van der Waals surface area contributed by atoms with Gasteiger partial charge in [-0.1, -0.05) is 6.07 Å². The van der Waals surface area contributed by atoms with Crippen LogP contribution in [0.15, 0.2) is 18.2 Å². The van der Waals surface area contributed by atoms with Crippen LogP contribution in [-0.4, -0.2) is 34.0 Å². The molecular formula is C15H23NO3. The summed E-state index contributed by atoms with van der Waals surface area (Å²) >= 11 is 0. The summed E-state index contributed by atoms with van der Waals surface area (Å²) in [6.07, 6.45) is 3.01. The summed E-state index contributed by atoms with van der Waals surface area (Å²) in [5.74, 6) is 1.55. The third-order valence-electron chi connectivity index (χ3n) is 4.07. The smallest absolute Gasteiger partial charge is 0.161 e. The molecule has 0 amide bonds. The summed E-state index contributed by atoms with van der Waals surface area (Å²) in [4.78, 5) is 0. The fourth-order valence-electron chi connectivity index (χ4n) is 2.89. The van der Waals surface area contributed by atoms with Crippen LogP contribution in [0.4, 0.5) is 0 Å². The monoisotopic (exact) mass is 265 g/mol. The first-order valence-corrected chi connectivity index (χ1v) is 6.76. The van der Waals surface area contributed by atoms with Gasteiger partial charge in [-0.2, -0.15) is 0 Å². The molecule has 2 rings (SSSR count). The second-order valence-corrected chi connectivity index (χ2v) is 5.00. The summed E-state index contributed by atoms with van der Waals surface area (Å²) in [5, 5.41) is 0. The molecule has 0 spiro atoms. The van der Waals surface area contributed by atoms with Crippen LogP contribution in [0.3, 0.4) is 0 Å². The van der Waals surface area contributed by atoms with Gasteiger partial charge in [0.1, 0.15) is 0 Å². The molecule has 1 aliphatic rings. The Kier molecular flexibility index (Phi) is 4.66. The Labute approximate surface area is 114 Å². The van der Waals surface area contributed by atoms with Crippen molar-refractivity contribution in [1.82, 2.24) is 0 Å². The molecule has 1 heterocycles. The molecule has 1 aromatic rings. The van der Waals surface area contributed by atoms with Crippen molar-refractivity contribution in [3.05, 3.63) is 23.8 Å². The van der Waals surface area contributed by atoms with Crippen molar-refractivity contribution in [1.29, 1.82) is 0 Å². The summed E-state index contributed by atoms with van der Waals surface area (Å²) < 4.78 is 16.2. The standard InChI is InChI=1S/C15H23NO3/c1-17-13-4-3-12(11-14(13)18-2)15(5-8-16)6-9-19-10-7-15/h3-4,11H,5-10,16H2,1-2H3. The SMILES string of the molecule is COc1ccc(C2(CCN)CCOCC2)cc1OC. The Hall–Kier alpha value is -1.26. The van der Waals surface area contributed by atoms with Crippen LogP contribution >= 0.6 is 0 Å². The average molecular weight is 265 g/mol. The molecule has 19 heavy (non-hydrogen) atoms. The van der Waals surface area contributed by atoms with Gasteiger partial charge in [-0.25, -0.2) is 0 Å². The van der Waals surface area contributed by atoms with E-state index in [1.54, 1.807) is 14.2 Å². The van der Waals surface area contributed by atoms with Gasteiger partial charge < -0.3 is 19.9 Å². The number of methoxy groups -OCH3 is 2. The van der Waals surface area contributed by atoms with Crippen molar-refractivity contribution in [3.63, 3.8) is 0 Å². The number of ether oxygens (including phenoxy) is 3. The minimum Gasteiger partial charge on any atom is -0.493 e. The van der Waals surface area contributed by atoms with Crippen molar-refractivity contribution in [2.75, 3.05) is 34.0 Å². The lowest BCUT2D eigenvalue weighted by molar-refractivity contribution is 0.0476. The van der Waals surface area contributed by atoms with E-state index in [9.17, 15) is 0 Å². The van der Waals surface area contributed by atoms with E-state index in [2.05, 4.69) is 12.1 Å². The lowest BCUT2D eigenvalue weighted by atomic mass is 9.71. The molecule has 2 N–H and O–H groups in total. The molecular weight excluding hydrogens is 242 g/mol. The molecule has 4 nitrogen and oxygen atoms in total. The summed E-state index contributed by atoms with van der Waals surface area (Å²) in [6.45, 7) is 2.29. The molecule has 1 aliphatic heterocycles. The van der Waals surface area contributed by atoms with Crippen molar-refractivity contribution in [3.8, 4) is 11.5 Å². The summed E-state index contributed by atoms with van der Waals surface area (Å²) in [5.41, 5.74) is 7.21. The maximum absolute atomic E-state index is 5.81. The predicted octanol–water partition coefficient (Wildman–Crippen LogP) is 2.10. The van der Waals surface area contributed by atoms with Crippen molar-refractivity contribution >= 4 is 0 Å². The lowest BCUT2D eigenvalue weighted by Gasteiger charge is -2.38.